The van der Waals surface area contributed by atoms with Crippen molar-refractivity contribution in [2.45, 2.75) is 6.92 Å². The number of primary amides is 1. The predicted octanol–water partition coefficient (Wildman–Crippen LogP) is -0.153. The van der Waals surface area contributed by atoms with Gasteiger partial charge >= 0.3 is 0 Å². The first-order valence-electron chi connectivity index (χ1n) is 4.78. The molecule has 0 spiro atoms. The van der Waals surface area contributed by atoms with E-state index in [9.17, 15) is 4.79 Å². The molecule has 6 nitrogen and oxygen atoms in total. The number of hydrogen-bond acceptors (Lipinski definition) is 5. The van der Waals surface area contributed by atoms with E-state index in [0.717, 1.165) is 0 Å². The maximum absolute atomic E-state index is 10.9. The zero-order valence-corrected chi connectivity index (χ0v) is 8.97. The molecule has 1 heterocycles. The molecule has 0 bridgehead atoms. The Morgan fingerprint density at radius 2 is 2.38 bits per heavy atom. The first-order valence-corrected chi connectivity index (χ1v) is 4.78. The highest BCUT2D eigenvalue weighted by atomic mass is 16.1. The smallest absolute Gasteiger partial charge is 0.236 e. The van der Waals surface area contributed by atoms with Crippen LogP contribution in [0.5, 0.6) is 0 Å². The Morgan fingerprint density at radius 1 is 1.69 bits per heavy atom. The van der Waals surface area contributed by atoms with Gasteiger partial charge in [0.1, 0.15) is 6.07 Å². The lowest BCUT2D eigenvalue weighted by Gasteiger charge is -2.21. The standard InChI is InChI=1S/C10H13N5O/c1-2-15(6-8(12)16)10-9(13)7(5-11)3-4-14-10/h3-4H,2,6,13H2,1H3,(H2,12,16). The molecule has 1 aromatic heterocycles. The number of rotatable bonds is 4. The second-order valence-corrected chi connectivity index (χ2v) is 3.19. The second-order valence-electron chi connectivity index (χ2n) is 3.19. The summed E-state index contributed by atoms with van der Waals surface area (Å²) in [5.41, 5.74) is 11.5. The van der Waals surface area contributed by atoms with Crippen LogP contribution in [0, 0.1) is 11.3 Å². The molecule has 1 aromatic rings. The Balaban J connectivity index is 3.11. The number of carbonyl (C=O) groups is 1. The van der Waals surface area contributed by atoms with E-state index in [1.54, 1.807) is 4.90 Å². The molecule has 0 fully saturated rings. The summed E-state index contributed by atoms with van der Waals surface area (Å²) in [7, 11) is 0. The molecule has 0 aliphatic heterocycles. The quantitative estimate of drug-likeness (QED) is 0.731. The van der Waals surface area contributed by atoms with Gasteiger partial charge in [0.15, 0.2) is 5.82 Å². The number of aromatic nitrogens is 1. The van der Waals surface area contributed by atoms with Crippen molar-refractivity contribution < 1.29 is 4.79 Å². The Bertz CT molecular complexity index is 437. The van der Waals surface area contributed by atoms with Gasteiger partial charge in [0.05, 0.1) is 17.8 Å². The summed E-state index contributed by atoms with van der Waals surface area (Å²) >= 11 is 0. The molecule has 4 N–H and O–H groups in total. The maximum atomic E-state index is 10.9. The van der Waals surface area contributed by atoms with Crippen molar-refractivity contribution in [1.82, 2.24) is 4.98 Å². The molecule has 0 unspecified atom stereocenters. The predicted molar refractivity (Wildman–Crippen MR) is 60.4 cm³/mol. The highest BCUT2D eigenvalue weighted by molar-refractivity contribution is 5.81. The third kappa shape index (κ3) is 2.39. The molecule has 1 rings (SSSR count). The second kappa shape index (κ2) is 4.98. The molecule has 0 aliphatic rings. The molecular formula is C10H13N5O. The van der Waals surface area contributed by atoms with E-state index >= 15 is 0 Å². The van der Waals surface area contributed by atoms with Gasteiger partial charge in [-0.1, -0.05) is 0 Å². The maximum Gasteiger partial charge on any atom is 0.236 e. The minimum Gasteiger partial charge on any atom is -0.395 e. The average molecular weight is 219 g/mol. The number of hydrogen-bond donors (Lipinski definition) is 2. The lowest BCUT2D eigenvalue weighted by molar-refractivity contribution is -0.116. The van der Waals surface area contributed by atoms with Gasteiger partial charge in [0.25, 0.3) is 0 Å². The molecule has 0 atom stereocenters. The number of anilines is 2. The number of carbonyl (C=O) groups excluding carboxylic acids is 1. The molecule has 1 amide bonds. The zero-order chi connectivity index (χ0) is 12.1. The number of nitrogens with two attached hydrogens (primary N) is 2. The Morgan fingerprint density at radius 3 is 2.88 bits per heavy atom. The van der Waals surface area contributed by atoms with Crippen LogP contribution in [0.15, 0.2) is 12.3 Å². The highest BCUT2D eigenvalue weighted by Gasteiger charge is 2.14. The van der Waals surface area contributed by atoms with Crippen molar-refractivity contribution in [2.24, 2.45) is 5.73 Å². The fourth-order valence-electron chi connectivity index (χ4n) is 1.34. The van der Waals surface area contributed by atoms with E-state index in [2.05, 4.69) is 4.98 Å². The van der Waals surface area contributed by atoms with Crippen LogP contribution in [0.25, 0.3) is 0 Å². The summed E-state index contributed by atoms with van der Waals surface area (Å²) in [6.07, 6.45) is 1.48. The molecule has 6 heteroatoms. The first kappa shape index (κ1) is 11.8. The van der Waals surface area contributed by atoms with Crippen molar-refractivity contribution >= 4 is 17.4 Å². The molecule has 0 saturated heterocycles. The van der Waals surface area contributed by atoms with Crippen LogP contribution in [-0.2, 0) is 4.79 Å². The number of amides is 1. The summed E-state index contributed by atoms with van der Waals surface area (Å²) in [4.78, 5) is 16.5. The fourth-order valence-corrected chi connectivity index (χ4v) is 1.34. The van der Waals surface area contributed by atoms with Gasteiger partial charge < -0.3 is 16.4 Å². The Labute approximate surface area is 93.5 Å². The molecular weight excluding hydrogens is 206 g/mol. The number of likely N-dealkylation sites (N-methyl/N-ethyl adjacent to an activating group) is 1. The van der Waals surface area contributed by atoms with E-state index in [0.29, 0.717) is 17.9 Å². The third-order valence-electron chi connectivity index (χ3n) is 2.12. The fraction of sp³-hybridized carbons (Fsp3) is 0.300. The van der Waals surface area contributed by atoms with Crippen LogP contribution in [0.4, 0.5) is 11.5 Å². The molecule has 84 valence electrons. The van der Waals surface area contributed by atoms with Gasteiger partial charge in [-0.3, -0.25) is 4.79 Å². The van der Waals surface area contributed by atoms with Gasteiger partial charge in [-0.05, 0) is 13.0 Å². The number of pyridine rings is 1. The molecule has 16 heavy (non-hydrogen) atoms. The van der Waals surface area contributed by atoms with E-state index in [1.807, 2.05) is 13.0 Å². The van der Waals surface area contributed by atoms with Crippen LogP contribution in [0.2, 0.25) is 0 Å². The van der Waals surface area contributed by atoms with Crippen molar-refractivity contribution in [1.29, 1.82) is 5.26 Å². The van der Waals surface area contributed by atoms with Crippen LogP contribution < -0.4 is 16.4 Å². The minimum atomic E-state index is -0.467. The van der Waals surface area contributed by atoms with Crippen LogP contribution in [0.3, 0.4) is 0 Å². The van der Waals surface area contributed by atoms with Gasteiger partial charge in [0.2, 0.25) is 5.91 Å². The van der Waals surface area contributed by atoms with Crippen molar-refractivity contribution in [3.8, 4) is 6.07 Å². The Kier molecular flexibility index (Phi) is 3.67. The molecule has 0 radical (unpaired) electrons. The lowest BCUT2D eigenvalue weighted by Crippen LogP contribution is -2.34. The topological polar surface area (TPSA) is 109 Å². The van der Waals surface area contributed by atoms with E-state index in [-0.39, 0.29) is 12.2 Å². The Hall–Kier alpha value is -2.29. The monoisotopic (exact) mass is 219 g/mol. The number of nitrogens with zero attached hydrogens (tertiary/aromatic N) is 3. The summed E-state index contributed by atoms with van der Waals surface area (Å²) in [5.74, 6) is -0.0502. The van der Waals surface area contributed by atoms with Gasteiger partial charge in [-0.15, -0.1) is 0 Å². The molecule has 0 aliphatic carbocycles. The van der Waals surface area contributed by atoms with Gasteiger partial charge in [-0.2, -0.15) is 5.26 Å². The lowest BCUT2D eigenvalue weighted by atomic mass is 10.2. The summed E-state index contributed by atoms with van der Waals surface area (Å²) in [6, 6.07) is 3.48. The number of nitrogen functional groups attached to an aromatic ring is 1. The summed E-state index contributed by atoms with van der Waals surface area (Å²) in [5, 5.41) is 8.81. The average Bonchev–Trinajstić information content (AvgIpc) is 2.26. The van der Waals surface area contributed by atoms with E-state index in [4.69, 9.17) is 16.7 Å². The molecule has 0 saturated carbocycles. The van der Waals surface area contributed by atoms with Crippen LogP contribution >= 0.6 is 0 Å². The van der Waals surface area contributed by atoms with Crippen LogP contribution in [0.1, 0.15) is 12.5 Å². The van der Waals surface area contributed by atoms with Crippen molar-refractivity contribution in [3.63, 3.8) is 0 Å². The number of nitriles is 1. The van der Waals surface area contributed by atoms with Crippen LogP contribution in [-0.4, -0.2) is 24.0 Å². The third-order valence-corrected chi connectivity index (χ3v) is 2.12. The van der Waals surface area contributed by atoms with Crippen molar-refractivity contribution in [2.75, 3.05) is 23.7 Å². The summed E-state index contributed by atoms with van der Waals surface area (Å²) < 4.78 is 0. The van der Waals surface area contributed by atoms with Gasteiger partial charge in [-0.25, -0.2) is 4.98 Å². The van der Waals surface area contributed by atoms with Crippen molar-refractivity contribution in [3.05, 3.63) is 17.8 Å². The first-order chi connectivity index (χ1) is 7.60. The van der Waals surface area contributed by atoms with E-state index in [1.165, 1.54) is 12.3 Å². The highest BCUT2D eigenvalue weighted by Crippen LogP contribution is 2.22. The normalized spacial score (nSPS) is 9.50. The zero-order valence-electron chi connectivity index (χ0n) is 8.97. The van der Waals surface area contributed by atoms with E-state index < -0.39 is 5.91 Å². The van der Waals surface area contributed by atoms with Gasteiger partial charge in [0, 0.05) is 12.7 Å². The summed E-state index contributed by atoms with van der Waals surface area (Å²) in [6.45, 7) is 2.42. The largest absolute Gasteiger partial charge is 0.395 e. The molecule has 0 aromatic carbocycles. The SMILES string of the molecule is CCN(CC(N)=O)c1nccc(C#N)c1N. The minimum absolute atomic E-state index is 0.0303.